The molecule has 2 aliphatic rings. The Morgan fingerprint density at radius 1 is 1.11 bits per heavy atom. The van der Waals surface area contributed by atoms with E-state index < -0.39 is 41.8 Å². The molecular formula is C32H33F6N3O3S. The number of nitrogens with one attached hydrogen (secondary N) is 1. The number of aryl methyl sites for hydroxylation is 1. The van der Waals surface area contributed by atoms with Crippen LogP contribution in [-0.4, -0.2) is 35.7 Å². The molecule has 0 saturated carbocycles. The second kappa shape index (κ2) is 11.9. The third-order valence-corrected chi connectivity index (χ3v) is 9.01. The van der Waals surface area contributed by atoms with Crippen LogP contribution in [-0.2, 0) is 17.1 Å². The van der Waals surface area contributed by atoms with Crippen molar-refractivity contribution < 1.29 is 40.6 Å². The van der Waals surface area contributed by atoms with E-state index in [1.54, 1.807) is 43.0 Å². The first kappa shape index (κ1) is 32.6. The fourth-order valence-electron chi connectivity index (χ4n) is 6.00. The number of aromatic nitrogens is 1. The maximum Gasteiger partial charge on any atom is 0.434 e. The Morgan fingerprint density at radius 2 is 1.84 bits per heavy atom. The van der Waals surface area contributed by atoms with Gasteiger partial charge in [-0.1, -0.05) is 25.5 Å². The van der Waals surface area contributed by atoms with Crippen molar-refractivity contribution in [2.24, 2.45) is 5.41 Å². The van der Waals surface area contributed by atoms with Gasteiger partial charge in [-0.25, -0.2) is 9.78 Å². The van der Waals surface area contributed by atoms with Crippen LogP contribution in [0.3, 0.4) is 0 Å². The highest BCUT2D eigenvalue weighted by atomic mass is 32.1. The molecule has 2 atom stereocenters. The van der Waals surface area contributed by atoms with Gasteiger partial charge in [-0.3, -0.25) is 4.90 Å². The Labute approximate surface area is 261 Å². The van der Waals surface area contributed by atoms with E-state index in [0.717, 1.165) is 52.0 Å². The summed E-state index contributed by atoms with van der Waals surface area (Å²) >= 11 is 0.840. The van der Waals surface area contributed by atoms with E-state index in [1.165, 1.54) is 7.11 Å². The Kier molecular flexibility index (Phi) is 8.62. The molecule has 1 N–H and O–H groups in total. The highest BCUT2D eigenvalue weighted by Gasteiger charge is 2.42. The first-order chi connectivity index (χ1) is 20.9. The number of allylic oxidation sites excluding steroid dienone is 1. The van der Waals surface area contributed by atoms with Crippen molar-refractivity contribution in [2.45, 2.75) is 71.5 Å². The summed E-state index contributed by atoms with van der Waals surface area (Å²) in [6, 6.07) is 8.34. The van der Waals surface area contributed by atoms with Crippen LogP contribution in [0.15, 0.2) is 47.4 Å². The number of methoxy groups -OCH3 is 1. The molecule has 0 spiro atoms. The summed E-state index contributed by atoms with van der Waals surface area (Å²) in [7, 11) is 1.52. The number of hydrogen-bond donors (Lipinski definition) is 1. The van der Waals surface area contributed by atoms with Crippen molar-refractivity contribution in [3.05, 3.63) is 75.3 Å². The number of carbonyl (C=O) groups is 1. The van der Waals surface area contributed by atoms with E-state index in [2.05, 4.69) is 24.1 Å². The van der Waals surface area contributed by atoms with Gasteiger partial charge in [-0.2, -0.15) is 26.3 Å². The van der Waals surface area contributed by atoms with Crippen LogP contribution in [0, 0.1) is 12.3 Å². The zero-order valence-electron chi connectivity index (χ0n) is 25.3. The van der Waals surface area contributed by atoms with E-state index in [0.29, 0.717) is 29.8 Å². The standard InChI is InChI=1S/C32H33F6N3O3S/c1-17-10-19(12-21(11-17)31(33,34)35)27-18(2)41(29(42)44-27)15-20-14-30(3,4)9-8-23(20)24-13-22(6-7-25(24)43-5)39-28-40-26(16-45-28)32(36,37)38/h6-7,10-13,16,18,27H,8-9,14-15H2,1-5H3,(H,39,40)/t18-,27-/m0/s1. The molecule has 1 aliphatic carbocycles. The predicted octanol–water partition coefficient (Wildman–Crippen LogP) is 9.79. The third kappa shape index (κ3) is 7.08. The van der Waals surface area contributed by atoms with Crippen molar-refractivity contribution >= 4 is 33.8 Å². The summed E-state index contributed by atoms with van der Waals surface area (Å²) in [5.74, 6) is 0.553. The number of cyclic esters (lactones) is 1. The zero-order chi connectivity index (χ0) is 32.9. The van der Waals surface area contributed by atoms with Crippen LogP contribution in [0.2, 0.25) is 0 Å². The average Bonchev–Trinajstić information content (AvgIpc) is 3.52. The van der Waals surface area contributed by atoms with Crippen LogP contribution in [0.5, 0.6) is 5.75 Å². The minimum absolute atomic E-state index is 0.0851. The zero-order valence-corrected chi connectivity index (χ0v) is 26.1. The van der Waals surface area contributed by atoms with Gasteiger partial charge in [-0.15, -0.1) is 11.3 Å². The number of nitrogens with zero attached hydrogens (tertiary/aromatic N) is 2. The van der Waals surface area contributed by atoms with E-state index in [4.69, 9.17) is 9.47 Å². The van der Waals surface area contributed by atoms with Crippen LogP contribution < -0.4 is 10.1 Å². The second-order valence-electron chi connectivity index (χ2n) is 12.3. The molecule has 0 radical (unpaired) electrons. The van der Waals surface area contributed by atoms with Gasteiger partial charge in [0.15, 0.2) is 10.8 Å². The summed E-state index contributed by atoms with van der Waals surface area (Å²) in [4.78, 5) is 18.4. The molecular weight excluding hydrogens is 620 g/mol. The van der Waals surface area contributed by atoms with Gasteiger partial charge in [0.25, 0.3) is 0 Å². The summed E-state index contributed by atoms with van der Waals surface area (Å²) in [6.07, 6.45) is -8.49. The molecule has 1 saturated heterocycles. The van der Waals surface area contributed by atoms with Gasteiger partial charge in [0, 0.05) is 23.2 Å². The van der Waals surface area contributed by atoms with Crippen molar-refractivity contribution in [1.82, 2.24) is 9.88 Å². The molecule has 0 bridgehead atoms. The van der Waals surface area contributed by atoms with Crippen molar-refractivity contribution in [3.8, 4) is 5.75 Å². The van der Waals surface area contributed by atoms with Crippen LogP contribution in [0.4, 0.5) is 42.0 Å². The number of ether oxygens (including phenoxy) is 2. The predicted molar refractivity (Wildman–Crippen MR) is 160 cm³/mol. The number of carbonyl (C=O) groups excluding carboxylic acids is 1. The Morgan fingerprint density at radius 3 is 2.49 bits per heavy atom. The van der Waals surface area contributed by atoms with E-state index >= 15 is 0 Å². The molecule has 45 heavy (non-hydrogen) atoms. The van der Waals surface area contributed by atoms with E-state index in [-0.39, 0.29) is 22.7 Å². The maximum atomic E-state index is 13.5. The topological polar surface area (TPSA) is 63.7 Å². The number of rotatable bonds is 7. The Bertz CT molecular complexity index is 1630. The summed E-state index contributed by atoms with van der Waals surface area (Å²) in [5.41, 5.74) is 1.93. The maximum absolute atomic E-state index is 13.5. The minimum atomic E-state index is -4.55. The number of amides is 1. The van der Waals surface area contributed by atoms with Crippen LogP contribution in [0.25, 0.3) is 5.57 Å². The highest BCUT2D eigenvalue weighted by molar-refractivity contribution is 7.13. The molecule has 1 fully saturated rings. The Hall–Kier alpha value is -3.74. The molecule has 242 valence electrons. The molecule has 13 heteroatoms. The average molecular weight is 654 g/mol. The third-order valence-electron chi connectivity index (χ3n) is 8.25. The number of hydrogen-bond acceptors (Lipinski definition) is 6. The van der Waals surface area contributed by atoms with Crippen molar-refractivity contribution in [2.75, 3.05) is 19.0 Å². The summed E-state index contributed by atoms with van der Waals surface area (Å²) < 4.78 is 91.2. The second-order valence-corrected chi connectivity index (χ2v) is 13.2. The van der Waals surface area contributed by atoms with Gasteiger partial charge >= 0.3 is 18.4 Å². The molecule has 1 aliphatic heterocycles. The van der Waals surface area contributed by atoms with Gasteiger partial charge in [0.1, 0.15) is 11.9 Å². The van der Waals surface area contributed by atoms with Gasteiger partial charge in [0.2, 0.25) is 0 Å². The van der Waals surface area contributed by atoms with Crippen LogP contribution >= 0.6 is 11.3 Å². The molecule has 3 aromatic rings. The molecule has 1 amide bonds. The lowest BCUT2D eigenvalue weighted by Gasteiger charge is -2.36. The normalized spacial score (nSPS) is 20.4. The molecule has 1 aromatic heterocycles. The lowest BCUT2D eigenvalue weighted by atomic mass is 9.72. The smallest absolute Gasteiger partial charge is 0.434 e. The Balaban J connectivity index is 1.48. The molecule has 2 heterocycles. The first-order valence-corrected chi connectivity index (χ1v) is 15.2. The number of benzene rings is 2. The summed E-state index contributed by atoms with van der Waals surface area (Å²) in [5, 5.41) is 3.98. The SMILES string of the molecule is COc1ccc(Nc2nc(C(F)(F)F)cs2)cc1C1=C(CN2C(=O)O[C@H](c3cc(C)cc(C(F)(F)F)c3)[C@@H]2C)CC(C)(C)CC1. The number of thiazole rings is 1. The molecule has 6 nitrogen and oxygen atoms in total. The lowest BCUT2D eigenvalue weighted by molar-refractivity contribution is -0.140. The number of alkyl halides is 6. The van der Waals surface area contributed by atoms with E-state index in [9.17, 15) is 31.1 Å². The highest BCUT2D eigenvalue weighted by Crippen LogP contribution is 2.47. The largest absolute Gasteiger partial charge is 0.496 e. The van der Waals surface area contributed by atoms with Gasteiger partial charge in [-0.05, 0) is 85.6 Å². The fraction of sp³-hybridized carbons (Fsp3) is 0.438. The quantitative estimate of drug-likeness (QED) is 0.257. The molecule has 0 unspecified atom stereocenters. The van der Waals surface area contributed by atoms with Gasteiger partial charge in [0.05, 0.1) is 18.7 Å². The minimum Gasteiger partial charge on any atom is -0.496 e. The van der Waals surface area contributed by atoms with Gasteiger partial charge < -0.3 is 14.8 Å². The number of anilines is 2. The van der Waals surface area contributed by atoms with Crippen LogP contribution in [0.1, 0.15) is 74.1 Å². The first-order valence-electron chi connectivity index (χ1n) is 14.3. The monoisotopic (exact) mass is 653 g/mol. The molecule has 5 rings (SSSR count). The molecule has 2 aromatic carbocycles. The van der Waals surface area contributed by atoms with E-state index in [1.807, 2.05) is 0 Å². The number of halogens is 6. The lowest BCUT2D eigenvalue weighted by Crippen LogP contribution is -2.35. The van der Waals surface area contributed by atoms with Crippen molar-refractivity contribution in [1.29, 1.82) is 0 Å². The summed E-state index contributed by atoms with van der Waals surface area (Å²) in [6.45, 7) is 7.77. The van der Waals surface area contributed by atoms with Crippen molar-refractivity contribution in [3.63, 3.8) is 0 Å². The fourth-order valence-corrected chi connectivity index (χ4v) is 6.74.